The zero-order valence-electron chi connectivity index (χ0n) is 15.4. The lowest BCUT2D eigenvalue weighted by Crippen LogP contribution is -2.54. The van der Waals surface area contributed by atoms with Crippen molar-refractivity contribution in [3.05, 3.63) is 24.1 Å². The number of hydrogen-bond acceptors (Lipinski definition) is 5. The molecule has 2 fully saturated rings. The average molecular weight is 370 g/mol. The molecule has 0 radical (unpaired) electrons. The number of nitrogens with zero attached hydrogens (tertiary/aromatic N) is 2. The number of benzene rings is 1. The maximum absolute atomic E-state index is 12.9. The van der Waals surface area contributed by atoms with Crippen LogP contribution in [-0.4, -0.2) is 39.8 Å². The van der Waals surface area contributed by atoms with E-state index in [0.29, 0.717) is 29.1 Å². The molecule has 2 N–H and O–H groups in total. The highest BCUT2D eigenvalue weighted by Crippen LogP contribution is 2.38. The highest BCUT2D eigenvalue weighted by molar-refractivity contribution is 6.10. The van der Waals surface area contributed by atoms with Gasteiger partial charge in [-0.2, -0.15) is 0 Å². The van der Waals surface area contributed by atoms with E-state index in [9.17, 15) is 14.4 Å². The lowest BCUT2D eigenvalue weighted by Gasteiger charge is -2.36. The first-order valence-electron chi connectivity index (χ1n) is 9.20. The van der Waals surface area contributed by atoms with Crippen molar-refractivity contribution < 1.29 is 18.8 Å². The van der Waals surface area contributed by atoms with Gasteiger partial charge < -0.3 is 15.1 Å². The number of aryl methyl sites for hydroxylation is 1. The topological polar surface area (TPSA) is 105 Å². The van der Waals surface area contributed by atoms with Crippen LogP contribution in [0.15, 0.2) is 22.6 Å². The number of oxazole rings is 1. The summed E-state index contributed by atoms with van der Waals surface area (Å²) in [5, 5.41) is 5.57. The molecule has 1 saturated heterocycles. The van der Waals surface area contributed by atoms with E-state index in [-0.39, 0.29) is 18.4 Å². The minimum Gasteiger partial charge on any atom is -0.441 e. The summed E-state index contributed by atoms with van der Waals surface area (Å²) in [6, 6.07) is 4.62. The van der Waals surface area contributed by atoms with Crippen molar-refractivity contribution in [3.8, 4) is 0 Å². The van der Waals surface area contributed by atoms with Gasteiger partial charge in [0.2, 0.25) is 5.91 Å². The lowest BCUT2D eigenvalue weighted by molar-refractivity contribution is -0.136. The molecular formula is C19H22N4O4. The monoisotopic (exact) mass is 370 g/mol. The maximum Gasteiger partial charge on any atom is 0.325 e. The maximum atomic E-state index is 12.9. The molecular weight excluding hydrogens is 348 g/mol. The van der Waals surface area contributed by atoms with Gasteiger partial charge in [-0.25, -0.2) is 9.78 Å². The molecule has 2 heterocycles. The van der Waals surface area contributed by atoms with E-state index in [1.54, 1.807) is 25.1 Å². The van der Waals surface area contributed by atoms with Crippen LogP contribution in [0.5, 0.6) is 0 Å². The molecule has 1 aromatic heterocycles. The molecule has 2 atom stereocenters. The highest BCUT2D eigenvalue weighted by Gasteiger charge is 2.55. The molecule has 0 bridgehead atoms. The van der Waals surface area contributed by atoms with Gasteiger partial charge in [0.25, 0.3) is 5.91 Å². The quantitative estimate of drug-likeness (QED) is 0.808. The average Bonchev–Trinajstić information content (AvgIpc) is 3.10. The van der Waals surface area contributed by atoms with Crippen LogP contribution in [0.3, 0.4) is 0 Å². The summed E-state index contributed by atoms with van der Waals surface area (Å²) in [5.74, 6) is -0.121. The number of imide groups is 1. The predicted molar refractivity (Wildman–Crippen MR) is 98.0 cm³/mol. The van der Waals surface area contributed by atoms with Crippen LogP contribution in [0.4, 0.5) is 10.5 Å². The van der Waals surface area contributed by atoms with Gasteiger partial charge in [0.15, 0.2) is 11.5 Å². The first-order chi connectivity index (χ1) is 12.9. The molecule has 1 aliphatic heterocycles. The second kappa shape index (κ2) is 6.37. The largest absolute Gasteiger partial charge is 0.441 e. The Morgan fingerprint density at radius 2 is 2.22 bits per heavy atom. The number of carbonyl (C=O) groups excluding carboxylic acids is 3. The molecule has 1 spiro atoms. The third kappa shape index (κ3) is 2.94. The normalized spacial score (nSPS) is 25.3. The SMILES string of the molecule is Cc1nc2cc(NC(=O)CN3C(=O)N[C@@]4(CCCC[C@@H]4C)C3=O)ccc2o1. The molecule has 4 rings (SSSR count). The van der Waals surface area contributed by atoms with Crippen molar-refractivity contribution in [2.24, 2.45) is 5.92 Å². The fourth-order valence-corrected chi connectivity index (χ4v) is 4.10. The van der Waals surface area contributed by atoms with Crippen molar-refractivity contribution in [3.63, 3.8) is 0 Å². The van der Waals surface area contributed by atoms with Crippen LogP contribution in [0, 0.1) is 12.8 Å². The molecule has 8 nitrogen and oxygen atoms in total. The van der Waals surface area contributed by atoms with E-state index in [0.717, 1.165) is 24.2 Å². The van der Waals surface area contributed by atoms with E-state index in [4.69, 9.17) is 4.42 Å². The number of hydrogen-bond donors (Lipinski definition) is 2. The summed E-state index contributed by atoms with van der Waals surface area (Å²) in [4.78, 5) is 42.9. The Morgan fingerprint density at radius 1 is 1.41 bits per heavy atom. The van der Waals surface area contributed by atoms with E-state index in [1.807, 2.05) is 6.92 Å². The summed E-state index contributed by atoms with van der Waals surface area (Å²) >= 11 is 0. The van der Waals surface area contributed by atoms with E-state index >= 15 is 0 Å². The Morgan fingerprint density at radius 3 is 3.00 bits per heavy atom. The summed E-state index contributed by atoms with van der Waals surface area (Å²) in [6.07, 6.45) is 3.46. The van der Waals surface area contributed by atoms with Gasteiger partial charge in [-0.05, 0) is 37.0 Å². The molecule has 2 aliphatic rings. The summed E-state index contributed by atoms with van der Waals surface area (Å²) in [7, 11) is 0. The van der Waals surface area contributed by atoms with Crippen LogP contribution in [0.1, 0.15) is 38.5 Å². The van der Waals surface area contributed by atoms with Gasteiger partial charge in [0, 0.05) is 12.6 Å². The fraction of sp³-hybridized carbons (Fsp3) is 0.474. The first-order valence-corrected chi connectivity index (χ1v) is 9.20. The van der Waals surface area contributed by atoms with Crippen molar-refractivity contribution in [2.45, 2.75) is 45.1 Å². The Kier molecular flexibility index (Phi) is 4.13. The summed E-state index contributed by atoms with van der Waals surface area (Å²) < 4.78 is 5.41. The Balaban J connectivity index is 1.47. The minimum atomic E-state index is -0.854. The molecule has 8 heteroatoms. The number of rotatable bonds is 3. The zero-order chi connectivity index (χ0) is 19.2. The van der Waals surface area contributed by atoms with Gasteiger partial charge in [0.05, 0.1) is 0 Å². The first kappa shape index (κ1) is 17.5. The molecule has 1 aromatic carbocycles. The molecule has 2 aromatic rings. The number of nitrogens with one attached hydrogen (secondary N) is 2. The number of fused-ring (bicyclic) bond motifs is 1. The van der Waals surface area contributed by atoms with Crippen LogP contribution < -0.4 is 10.6 Å². The number of urea groups is 1. The number of carbonyl (C=O) groups is 3. The molecule has 4 amide bonds. The number of anilines is 1. The van der Waals surface area contributed by atoms with E-state index in [2.05, 4.69) is 15.6 Å². The van der Waals surface area contributed by atoms with Crippen LogP contribution in [-0.2, 0) is 9.59 Å². The van der Waals surface area contributed by atoms with Crippen LogP contribution in [0.2, 0.25) is 0 Å². The molecule has 27 heavy (non-hydrogen) atoms. The second-order valence-corrected chi connectivity index (χ2v) is 7.40. The zero-order valence-corrected chi connectivity index (χ0v) is 15.4. The summed E-state index contributed by atoms with van der Waals surface area (Å²) in [5.41, 5.74) is 0.948. The third-order valence-electron chi connectivity index (χ3n) is 5.58. The van der Waals surface area contributed by atoms with Gasteiger partial charge >= 0.3 is 6.03 Å². The highest BCUT2D eigenvalue weighted by atomic mass is 16.3. The Bertz CT molecular complexity index is 937. The lowest BCUT2D eigenvalue weighted by atomic mass is 9.73. The standard InChI is InChI=1S/C19H22N4O4/c1-11-5-3-4-8-19(11)17(25)23(18(26)22-19)10-16(24)21-13-6-7-15-14(9-13)20-12(2)27-15/h6-7,9,11H,3-5,8,10H2,1-2H3,(H,21,24)(H,22,26)/t11-,19+/m0/s1. The van der Waals surface area contributed by atoms with Crippen molar-refractivity contribution in [1.82, 2.24) is 15.2 Å². The molecule has 1 aliphatic carbocycles. The van der Waals surface area contributed by atoms with Crippen LogP contribution >= 0.6 is 0 Å². The van der Waals surface area contributed by atoms with Crippen molar-refractivity contribution in [2.75, 3.05) is 11.9 Å². The minimum absolute atomic E-state index is 0.0635. The third-order valence-corrected chi connectivity index (χ3v) is 5.58. The second-order valence-electron chi connectivity index (χ2n) is 7.40. The van der Waals surface area contributed by atoms with Gasteiger partial charge in [-0.15, -0.1) is 0 Å². The Labute approximate surface area is 156 Å². The Hall–Kier alpha value is -2.90. The van der Waals surface area contributed by atoms with E-state index < -0.39 is 17.5 Å². The van der Waals surface area contributed by atoms with Crippen molar-refractivity contribution in [1.29, 1.82) is 0 Å². The molecule has 0 unspecified atom stereocenters. The number of aromatic nitrogens is 1. The predicted octanol–water partition coefficient (Wildman–Crippen LogP) is 2.58. The fourth-order valence-electron chi connectivity index (χ4n) is 4.10. The van der Waals surface area contributed by atoms with E-state index in [1.165, 1.54) is 0 Å². The van der Waals surface area contributed by atoms with Crippen molar-refractivity contribution >= 4 is 34.6 Å². The molecule has 1 saturated carbocycles. The van der Waals surface area contributed by atoms with Crippen LogP contribution in [0.25, 0.3) is 11.1 Å². The summed E-state index contributed by atoms with van der Waals surface area (Å²) in [6.45, 7) is 3.42. The van der Waals surface area contributed by atoms with Gasteiger partial charge in [-0.3, -0.25) is 14.5 Å². The smallest absolute Gasteiger partial charge is 0.325 e. The number of amides is 4. The van der Waals surface area contributed by atoms with Gasteiger partial charge in [0.1, 0.15) is 17.6 Å². The molecule has 142 valence electrons. The van der Waals surface area contributed by atoms with Gasteiger partial charge in [-0.1, -0.05) is 19.8 Å².